The second-order valence-corrected chi connectivity index (χ2v) is 5.63. The zero-order valence-electron chi connectivity index (χ0n) is 9.78. The van der Waals surface area contributed by atoms with Crippen LogP contribution in [0.1, 0.15) is 38.4 Å². The first-order valence-corrected chi connectivity index (χ1v) is 6.84. The Labute approximate surface area is 101 Å². The van der Waals surface area contributed by atoms with Crippen molar-refractivity contribution in [3.63, 3.8) is 0 Å². The van der Waals surface area contributed by atoms with E-state index in [0.29, 0.717) is 0 Å². The van der Waals surface area contributed by atoms with Crippen LogP contribution in [0.4, 0.5) is 0 Å². The summed E-state index contributed by atoms with van der Waals surface area (Å²) in [5.74, 6) is 3.95. The summed E-state index contributed by atoms with van der Waals surface area (Å²) in [7, 11) is 0. The highest BCUT2D eigenvalue weighted by molar-refractivity contribution is 7.71. The molecule has 0 amide bonds. The fourth-order valence-electron chi connectivity index (χ4n) is 2.75. The molecule has 1 aromatic rings. The molecule has 2 fully saturated rings. The number of nitrogens with one attached hydrogen (secondary N) is 1. The first-order valence-electron chi connectivity index (χ1n) is 6.43. The molecule has 3 nitrogen and oxygen atoms in total. The Hall–Kier alpha value is -0.640. The monoisotopic (exact) mass is 237 g/mol. The number of nitrogens with zero attached hydrogens (tertiary/aromatic N) is 2. The lowest BCUT2D eigenvalue weighted by atomic mass is 9.98. The lowest BCUT2D eigenvalue weighted by molar-refractivity contribution is 0.342. The SMILES string of the molecule is CCc1n[nH]c(=S)n1CC(C1CC1)C1CC1. The van der Waals surface area contributed by atoms with Gasteiger partial charge in [0, 0.05) is 13.0 Å². The maximum Gasteiger partial charge on any atom is 0.195 e. The lowest BCUT2D eigenvalue weighted by Gasteiger charge is -2.16. The second-order valence-electron chi connectivity index (χ2n) is 5.25. The summed E-state index contributed by atoms with van der Waals surface area (Å²) in [5, 5.41) is 7.22. The van der Waals surface area contributed by atoms with Gasteiger partial charge < -0.3 is 4.57 Å². The molecule has 0 spiro atoms. The van der Waals surface area contributed by atoms with E-state index in [9.17, 15) is 0 Å². The fraction of sp³-hybridized carbons (Fsp3) is 0.833. The van der Waals surface area contributed by atoms with Gasteiger partial charge in [0.15, 0.2) is 4.77 Å². The molecular formula is C12H19N3S. The van der Waals surface area contributed by atoms with E-state index >= 15 is 0 Å². The molecule has 3 rings (SSSR count). The normalized spacial score (nSPS) is 20.6. The Morgan fingerprint density at radius 1 is 1.38 bits per heavy atom. The molecular weight excluding hydrogens is 218 g/mol. The third-order valence-electron chi connectivity index (χ3n) is 4.00. The highest BCUT2D eigenvalue weighted by atomic mass is 32.1. The predicted octanol–water partition coefficient (Wildman–Crippen LogP) is 2.94. The van der Waals surface area contributed by atoms with E-state index in [4.69, 9.17) is 12.2 Å². The van der Waals surface area contributed by atoms with Gasteiger partial charge in [-0.1, -0.05) is 6.92 Å². The lowest BCUT2D eigenvalue weighted by Crippen LogP contribution is -2.16. The van der Waals surface area contributed by atoms with Gasteiger partial charge in [-0.2, -0.15) is 5.10 Å². The van der Waals surface area contributed by atoms with Crippen molar-refractivity contribution in [2.75, 3.05) is 0 Å². The largest absolute Gasteiger partial charge is 0.304 e. The van der Waals surface area contributed by atoms with Crippen LogP contribution in [0.3, 0.4) is 0 Å². The molecule has 0 bridgehead atoms. The number of hydrogen-bond acceptors (Lipinski definition) is 2. The van der Waals surface area contributed by atoms with Gasteiger partial charge in [0.2, 0.25) is 0 Å². The number of rotatable bonds is 5. The molecule has 2 aliphatic carbocycles. The number of aryl methyl sites for hydroxylation is 1. The zero-order chi connectivity index (χ0) is 11.1. The van der Waals surface area contributed by atoms with Crippen LogP contribution < -0.4 is 0 Å². The van der Waals surface area contributed by atoms with Gasteiger partial charge in [0.25, 0.3) is 0 Å². The topological polar surface area (TPSA) is 33.6 Å². The summed E-state index contributed by atoms with van der Waals surface area (Å²) >= 11 is 5.32. The maximum atomic E-state index is 5.32. The Kier molecular flexibility index (Phi) is 2.62. The van der Waals surface area contributed by atoms with Crippen LogP contribution in [0.15, 0.2) is 0 Å². The van der Waals surface area contributed by atoms with E-state index in [2.05, 4.69) is 21.7 Å². The van der Waals surface area contributed by atoms with Crippen LogP contribution in [0.5, 0.6) is 0 Å². The number of hydrogen-bond donors (Lipinski definition) is 1. The summed E-state index contributed by atoms with van der Waals surface area (Å²) in [4.78, 5) is 0. The van der Waals surface area contributed by atoms with Gasteiger partial charge in [-0.05, 0) is 55.7 Å². The van der Waals surface area contributed by atoms with Crippen LogP contribution in [0.25, 0.3) is 0 Å². The van der Waals surface area contributed by atoms with Crippen LogP contribution in [0.2, 0.25) is 0 Å². The van der Waals surface area contributed by atoms with Crippen molar-refractivity contribution in [1.29, 1.82) is 0 Å². The first kappa shape index (κ1) is 10.5. The van der Waals surface area contributed by atoms with Crippen molar-refractivity contribution in [3.05, 3.63) is 10.6 Å². The van der Waals surface area contributed by atoms with E-state index in [1.165, 1.54) is 25.7 Å². The molecule has 4 heteroatoms. The van der Waals surface area contributed by atoms with E-state index in [-0.39, 0.29) is 0 Å². The van der Waals surface area contributed by atoms with Gasteiger partial charge in [0.05, 0.1) is 0 Å². The van der Waals surface area contributed by atoms with Crippen molar-refractivity contribution in [1.82, 2.24) is 14.8 Å². The Bertz CT molecular complexity index is 414. The Morgan fingerprint density at radius 2 is 2.00 bits per heavy atom. The summed E-state index contributed by atoms with van der Waals surface area (Å²) in [6, 6.07) is 0. The molecule has 2 aliphatic rings. The maximum absolute atomic E-state index is 5.32. The van der Waals surface area contributed by atoms with Gasteiger partial charge in [0.1, 0.15) is 5.82 Å². The molecule has 1 aromatic heterocycles. The smallest absolute Gasteiger partial charge is 0.195 e. The molecule has 1 N–H and O–H groups in total. The molecule has 0 saturated heterocycles. The molecule has 0 atom stereocenters. The quantitative estimate of drug-likeness (QED) is 0.799. The molecule has 0 aliphatic heterocycles. The molecule has 0 unspecified atom stereocenters. The van der Waals surface area contributed by atoms with Crippen molar-refractivity contribution >= 4 is 12.2 Å². The highest BCUT2D eigenvalue weighted by Gasteiger charge is 2.41. The minimum Gasteiger partial charge on any atom is -0.304 e. The third-order valence-corrected chi connectivity index (χ3v) is 4.31. The van der Waals surface area contributed by atoms with Gasteiger partial charge in [-0.15, -0.1) is 0 Å². The molecule has 88 valence electrons. The Balaban J connectivity index is 1.80. The zero-order valence-corrected chi connectivity index (χ0v) is 10.6. The predicted molar refractivity (Wildman–Crippen MR) is 65.7 cm³/mol. The fourth-order valence-corrected chi connectivity index (χ4v) is 2.98. The van der Waals surface area contributed by atoms with E-state index in [1.807, 2.05) is 0 Å². The van der Waals surface area contributed by atoms with Gasteiger partial charge in [-0.3, -0.25) is 5.10 Å². The van der Waals surface area contributed by atoms with Crippen LogP contribution in [0, 0.1) is 22.5 Å². The van der Waals surface area contributed by atoms with E-state index in [0.717, 1.165) is 41.3 Å². The van der Waals surface area contributed by atoms with E-state index in [1.54, 1.807) is 0 Å². The highest BCUT2D eigenvalue weighted by Crippen LogP contribution is 2.49. The van der Waals surface area contributed by atoms with Crippen molar-refractivity contribution in [2.45, 2.75) is 45.6 Å². The van der Waals surface area contributed by atoms with Crippen LogP contribution >= 0.6 is 12.2 Å². The van der Waals surface area contributed by atoms with Gasteiger partial charge >= 0.3 is 0 Å². The minimum absolute atomic E-state index is 0.808. The minimum atomic E-state index is 0.808. The van der Waals surface area contributed by atoms with Crippen LogP contribution in [-0.2, 0) is 13.0 Å². The van der Waals surface area contributed by atoms with Crippen molar-refractivity contribution in [2.24, 2.45) is 17.8 Å². The summed E-state index contributed by atoms with van der Waals surface area (Å²) in [6.07, 6.45) is 6.72. The van der Waals surface area contributed by atoms with Crippen molar-refractivity contribution in [3.8, 4) is 0 Å². The van der Waals surface area contributed by atoms with Crippen molar-refractivity contribution < 1.29 is 0 Å². The number of H-pyrrole nitrogens is 1. The Morgan fingerprint density at radius 3 is 2.50 bits per heavy atom. The average molecular weight is 237 g/mol. The first-order chi connectivity index (χ1) is 7.79. The van der Waals surface area contributed by atoms with Gasteiger partial charge in [-0.25, -0.2) is 0 Å². The standard InChI is InChI=1S/C12H19N3S/c1-2-11-13-14-12(16)15(11)7-10(8-3-4-8)9-5-6-9/h8-10H,2-7H2,1H3,(H,14,16). The average Bonchev–Trinajstić information content (AvgIpc) is 3.15. The molecule has 16 heavy (non-hydrogen) atoms. The molecule has 0 aromatic carbocycles. The molecule has 2 saturated carbocycles. The summed E-state index contributed by atoms with van der Waals surface area (Å²) < 4.78 is 3.04. The molecule has 1 heterocycles. The van der Waals surface area contributed by atoms with Crippen LogP contribution in [-0.4, -0.2) is 14.8 Å². The summed E-state index contributed by atoms with van der Waals surface area (Å²) in [5.41, 5.74) is 0. The van der Waals surface area contributed by atoms with E-state index < -0.39 is 0 Å². The number of aromatic nitrogens is 3. The second kappa shape index (κ2) is 3.99. The molecule has 0 radical (unpaired) electrons. The third kappa shape index (κ3) is 1.95. The summed E-state index contributed by atoms with van der Waals surface area (Å²) in [6.45, 7) is 3.25. The number of aromatic amines is 1.